The Morgan fingerprint density at radius 2 is 1.89 bits per heavy atom. The first-order valence-corrected chi connectivity index (χ1v) is 10.0. The van der Waals surface area contributed by atoms with Gasteiger partial charge in [0.15, 0.2) is 5.96 Å². The molecule has 2 aromatic rings. The van der Waals surface area contributed by atoms with Crippen molar-refractivity contribution < 1.29 is 4.79 Å². The maximum absolute atomic E-state index is 12.5. The highest BCUT2D eigenvalue weighted by molar-refractivity contribution is 5.80. The zero-order valence-corrected chi connectivity index (χ0v) is 17.2. The highest BCUT2D eigenvalue weighted by Gasteiger charge is 2.22. The lowest BCUT2D eigenvalue weighted by molar-refractivity contribution is -0.131. The maximum atomic E-state index is 12.5. The van der Waals surface area contributed by atoms with Gasteiger partial charge in [-0.15, -0.1) is 0 Å². The van der Waals surface area contributed by atoms with Crippen molar-refractivity contribution in [3.05, 3.63) is 59.4 Å². The zero-order chi connectivity index (χ0) is 19.9. The van der Waals surface area contributed by atoms with Crippen LogP contribution in [-0.4, -0.2) is 46.4 Å². The van der Waals surface area contributed by atoms with Crippen molar-refractivity contribution in [2.75, 3.05) is 20.1 Å². The van der Waals surface area contributed by atoms with E-state index in [4.69, 9.17) is 4.99 Å². The monoisotopic (exact) mass is 381 g/mol. The second kappa shape index (κ2) is 9.44. The molecular formula is C22H31N5O. The van der Waals surface area contributed by atoms with Gasteiger partial charge >= 0.3 is 0 Å². The molecule has 3 rings (SSSR count). The van der Waals surface area contributed by atoms with Gasteiger partial charge in [0.2, 0.25) is 5.91 Å². The summed E-state index contributed by atoms with van der Waals surface area (Å²) in [6.45, 7) is 5.80. The molecule has 0 unspecified atom stereocenters. The fourth-order valence-corrected chi connectivity index (χ4v) is 3.53. The standard InChI is InChI=1S/C22H31N5O/c1-4-23-22(26(3)17-20-11-8-14-25(20)2)24-13-7-12-21(28)27-15-18-9-5-6-10-19(18)16-27/h5-6,8-11,14H,4,7,12-13,15-17H2,1-3H3,(H,23,24). The van der Waals surface area contributed by atoms with Crippen LogP contribution in [0.2, 0.25) is 0 Å². The molecule has 0 saturated heterocycles. The second-order valence-corrected chi connectivity index (χ2v) is 7.32. The quantitative estimate of drug-likeness (QED) is 0.456. The fraction of sp³-hybridized carbons (Fsp3) is 0.455. The summed E-state index contributed by atoms with van der Waals surface area (Å²) in [6, 6.07) is 12.5. The van der Waals surface area contributed by atoms with Crippen LogP contribution in [0, 0.1) is 0 Å². The molecule has 28 heavy (non-hydrogen) atoms. The third-order valence-electron chi connectivity index (χ3n) is 5.15. The lowest BCUT2D eigenvalue weighted by Crippen LogP contribution is -2.39. The average Bonchev–Trinajstić information content (AvgIpc) is 3.30. The lowest BCUT2D eigenvalue weighted by Gasteiger charge is -2.22. The predicted octanol–water partition coefficient (Wildman–Crippen LogP) is 2.75. The minimum atomic E-state index is 0.216. The molecule has 0 bridgehead atoms. The Kier molecular flexibility index (Phi) is 6.74. The molecule has 0 aliphatic carbocycles. The smallest absolute Gasteiger partial charge is 0.223 e. The summed E-state index contributed by atoms with van der Waals surface area (Å²) in [5.74, 6) is 1.10. The largest absolute Gasteiger partial charge is 0.357 e. The fourth-order valence-electron chi connectivity index (χ4n) is 3.53. The van der Waals surface area contributed by atoms with Crippen LogP contribution in [0.5, 0.6) is 0 Å². The maximum Gasteiger partial charge on any atom is 0.223 e. The van der Waals surface area contributed by atoms with E-state index in [0.29, 0.717) is 13.0 Å². The van der Waals surface area contributed by atoms with Crippen LogP contribution in [0.3, 0.4) is 0 Å². The van der Waals surface area contributed by atoms with Crippen molar-refractivity contribution in [3.63, 3.8) is 0 Å². The normalized spacial score (nSPS) is 13.5. The Balaban J connectivity index is 1.47. The number of carbonyl (C=O) groups excluding carboxylic acids is 1. The molecule has 1 aromatic heterocycles. The Morgan fingerprint density at radius 1 is 1.18 bits per heavy atom. The third kappa shape index (κ3) is 4.94. The molecule has 0 radical (unpaired) electrons. The molecule has 1 aliphatic heterocycles. The number of rotatable bonds is 7. The van der Waals surface area contributed by atoms with E-state index in [0.717, 1.165) is 38.6 Å². The topological polar surface area (TPSA) is 52.9 Å². The Morgan fingerprint density at radius 3 is 2.50 bits per heavy atom. The number of hydrogen-bond acceptors (Lipinski definition) is 2. The van der Waals surface area contributed by atoms with Gasteiger partial charge in [0, 0.05) is 58.6 Å². The van der Waals surface area contributed by atoms with Crippen LogP contribution >= 0.6 is 0 Å². The summed E-state index contributed by atoms with van der Waals surface area (Å²) in [5, 5.41) is 3.34. The number of benzene rings is 1. The average molecular weight is 382 g/mol. The molecule has 1 aliphatic rings. The summed E-state index contributed by atoms with van der Waals surface area (Å²) < 4.78 is 2.12. The Hall–Kier alpha value is -2.76. The summed E-state index contributed by atoms with van der Waals surface area (Å²) in [5.41, 5.74) is 3.77. The number of aromatic nitrogens is 1. The van der Waals surface area contributed by atoms with Gasteiger partial charge in [0.1, 0.15) is 0 Å². The first kappa shape index (κ1) is 20.0. The molecule has 0 spiro atoms. The number of fused-ring (bicyclic) bond motifs is 1. The minimum Gasteiger partial charge on any atom is -0.357 e. The number of aryl methyl sites for hydroxylation is 1. The number of nitrogens with one attached hydrogen (secondary N) is 1. The molecule has 1 N–H and O–H groups in total. The molecule has 0 saturated carbocycles. The molecule has 6 heteroatoms. The van der Waals surface area contributed by atoms with Crippen molar-refractivity contribution in [3.8, 4) is 0 Å². The highest BCUT2D eigenvalue weighted by atomic mass is 16.2. The van der Waals surface area contributed by atoms with Crippen molar-refractivity contribution >= 4 is 11.9 Å². The van der Waals surface area contributed by atoms with Crippen LogP contribution < -0.4 is 5.32 Å². The SMILES string of the molecule is CCNC(=NCCCC(=O)N1Cc2ccccc2C1)N(C)Cc1cccn1C. The lowest BCUT2D eigenvalue weighted by atomic mass is 10.1. The molecule has 2 heterocycles. The molecule has 1 amide bonds. The van der Waals surface area contributed by atoms with E-state index in [1.807, 2.05) is 24.1 Å². The Bertz CT molecular complexity index is 801. The van der Waals surface area contributed by atoms with E-state index < -0.39 is 0 Å². The van der Waals surface area contributed by atoms with E-state index in [-0.39, 0.29) is 5.91 Å². The van der Waals surface area contributed by atoms with Gasteiger partial charge in [0.25, 0.3) is 0 Å². The number of amides is 1. The van der Waals surface area contributed by atoms with Gasteiger partial charge in [-0.2, -0.15) is 0 Å². The molecule has 150 valence electrons. The van der Waals surface area contributed by atoms with E-state index in [1.54, 1.807) is 0 Å². The van der Waals surface area contributed by atoms with Gasteiger partial charge in [0.05, 0.1) is 6.54 Å². The summed E-state index contributed by atoms with van der Waals surface area (Å²) in [6.07, 6.45) is 3.35. The van der Waals surface area contributed by atoms with Crippen LogP contribution in [-0.2, 0) is 31.5 Å². The van der Waals surface area contributed by atoms with Crippen LogP contribution in [0.4, 0.5) is 0 Å². The summed E-state index contributed by atoms with van der Waals surface area (Å²) in [7, 11) is 4.09. The first-order valence-electron chi connectivity index (χ1n) is 10.0. The van der Waals surface area contributed by atoms with Gasteiger partial charge in [-0.3, -0.25) is 9.79 Å². The van der Waals surface area contributed by atoms with E-state index in [9.17, 15) is 4.79 Å². The van der Waals surface area contributed by atoms with Crippen molar-refractivity contribution in [1.82, 2.24) is 19.7 Å². The number of guanidine groups is 1. The van der Waals surface area contributed by atoms with Crippen LogP contribution in [0.15, 0.2) is 47.6 Å². The molecule has 1 aromatic carbocycles. The van der Waals surface area contributed by atoms with Gasteiger partial charge < -0.3 is 19.7 Å². The van der Waals surface area contributed by atoms with Crippen molar-refractivity contribution in [2.45, 2.75) is 39.4 Å². The molecule has 0 atom stereocenters. The number of aliphatic imine (C=N–C) groups is 1. The first-order chi connectivity index (χ1) is 13.6. The van der Waals surface area contributed by atoms with Gasteiger partial charge in [-0.05, 0) is 36.6 Å². The predicted molar refractivity (Wildman–Crippen MR) is 113 cm³/mol. The number of nitrogens with zero attached hydrogens (tertiary/aromatic N) is 4. The van der Waals surface area contributed by atoms with Crippen molar-refractivity contribution in [2.24, 2.45) is 12.0 Å². The molecule has 0 fully saturated rings. The van der Waals surface area contributed by atoms with E-state index in [2.05, 4.69) is 59.2 Å². The van der Waals surface area contributed by atoms with E-state index in [1.165, 1.54) is 16.8 Å². The summed E-state index contributed by atoms with van der Waals surface area (Å²) in [4.78, 5) is 21.3. The van der Waals surface area contributed by atoms with Crippen molar-refractivity contribution in [1.29, 1.82) is 0 Å². The van der Waals surface area contributed by atoms with Gasteiger partial charge in [-0.25, -0.2) is 0 Å². The van der Waals surface area contributed by atoms with Crippen LogP contribution in [0.1, 0.15) is 36.6 Å². The highest BCUT2D eigenvalue weighted by Crippen LogP contribution is 2.22. The minimum absolute atomic E-state index is 0.216. The summed E-state index contributed by atoms with van der Waals surface area (Å²) >= 11 is 0. The Labute approximate surface area is 167 Å². The second-order valence-electron chi connectivity index (χ2n) is 7.32. The van der Waals surface area contributed by atoms with Crippen LogP contribution in [0.25, 0.3) is 0 Å². The third-order valence-corrected chi connectivity index (χ3v) is 5.15. The van der Waals surface area contributed by atoms with Gasteiger partial charge in [-0.1, -0.05) is 24.3 Å². The molecule has 6 nitrogen and oxygen atoms in total. The number of carbonyl (C=O) groups is 1. The van der Waals surface area contributed by atoms with E-state index >= 15 is 0 Å². The molecular weight excluding hydrogens is 350 g/mol. The zero-order valence-electron chi connectivity index (χ0n) is 17.2. The number of hydrogen-bond donors (Lipinski definition) is 1.